The fourth-order valence-electron chi connectivity index (χ4n) is 2.78. The predicted molar refractivity (Wildman–Crippen MR) is 86.9 cm³/mol. The fraction of sp³-hybridized carbons (Fsp3) is 0.533. The van der Waals surface area contributed by atoms with Crippen LogP contribution in [0.1, 0.15) is 12.2 Å². The number of rotatable bonds is 4. The molecule has 0 atom stereocenters. The van der Waals surface area contributed by atoms with Crippen molar-refractivity contribution in [2.45, 2.75) is 19.5 Å². The summed E-state index contributed by atoms with van der Waals surface area (Å²) in [7, 11) is 1.92. The van der Waals surface area contributed by atoms with Gasteiger partial charge in [0.2, 0.25) is 5.91 Å². The maximum absolute atomic E-state index is 12.4. The molecular weight excluding hydrogens is 316 g/mol. The molecule has 3 heterocycles. The van der Waals surface area contributed by atoms with Crippen molar-refractivity contribution in [2.24, 2.45) is 7.05 Å². The van der Waals surface area contributed by atoms with Gasteiger partial charge in [-0.3, -0.25) is 14.4 Å². The maximum atomic E-state index is 12.4. The number of hydrogen-bond donors (Lipinski definition) is 0. The molecule has 0 bridgehead atoms. The molecule has 124 valence electrons. The molecule has 3 rings (SSSR count). The van der Waals surface area contributed by atoms with Crippen molar-refractivity contribution in [1.82, 2.24) is 29.1 Å². The summed E-state index contributed by atoms with van der Waals surface area (Å²) in [6.07, 6.45) is 6.14. The van der Waals surface area contributed by atoms with Crippen molar-refractivity contribution in [2.75, 3.05) is 26.2 Å². The zero-order chi connectivity index (χ0) is 16.2. The van der Waals surface area contributed by atoms with Gasteiger partial charge in [-0.05, 0) is 12.5 Å². The predicted octanol–water partition coefficient (Wildman–Crippen LogP) is 1.00. The highest BCUT2D eigenvalue weighted by Crippen LogP contribution is 2.13. The van der Waals surface area contributed by atoms with E-state index in [4.69, 9.17) is 11.6 Å². The van der Waals surface area contributed by atoms with Gasteiger partial charge >= 0.3 is 0 Å². The first-order valence-electron chi connectivity index (χ1n) is 7.77. The molecule has 8 heteroatoms. The Hall–Kier alpha value is -1.86. The van der Waals surface area contributed by atoms with Crippen LogP contribution in [0.3, 0.4) is 0 Å². The first-order chi connectivity index (χ1) is 11.1. The summed E-state index contributed by atoms with van der Waals surface area (Å²) in [6, 6.07) is 1.83. The van der Waals surface area contributed by atoms with E-state index < -0.39 is 0 Å². The Bertz CT molecular complexity index is 653. The Morgan fingerprint density at radius 3 is 2.87 bits per heavy atom. The molecule has 2 aromatic rings. The summed E-state index contributed by atoms with van der Waals surface area (Å²) in [6.45, 7) is 4.38. The third-order valence-corrected chi connectivity index (χ3v) is 4.54. The van der Waals surface area contributed by atoms with Gasteiger partial charge in [0.1, 0.15) is 17.5 Å². The van der Waals surface area contributed by atoms with Crippen molar-refractivity contribution < 1.29 is 4.79 Å². The third-order valence-electron chi connectivity index (χ3n) is 4.19. The summed E-state index contributed by atoms with van der Waals surface area (Å²) in [4.78, 5) is 20.9. The maximum Gasteiger partial charge on any atom is 0.244 e. The topological polar surface area (TPSA) is 59.2 Å². The smallest absolute Gasteiger partial charge is 0.244 e. The first kappa shape index (κ1) is 16.0. The van der Waals surface area contributed by atoms with Crippen molar-refractivity contribution in [1.29, 1.82) is 0 Å². The van der Waals surface area contributed by atoms with E-state index in [2.05, 4.69) is 15.0 Å². The van der Waals surface area contributed by atoms with E-state index in [9.17, 15) is 4.79 Å². The number of nitrogens with zero attached hydrogens (tertiary/aromatic N) is 6. The third kappa shape index (κ3) is 3.92. The Labute approximate surface area is 140 Å². The Balaban J connectivity index is 1.54. The lowest BCUT2D eigenvalue weighted by Gasteiger charge is -2.22. The number of carbonyl (C=O) groups is 1. The van der Waals surface area contributed by atoms with Crippen molar-refractivity contribution in [3.63, 3.8) is 0 Å². The average Bonchev–Trinajstić information content (AvgIpc) is 3.07. The highest BCUT2D eigenvalue weighted by atomic mass is 35.5. The van der Waals surface area contributed by atoms with Gasteiger partial charge in [0, 0.05) is 45.6 Å². The van der Waals surface area contributed by atoms with E-state index in [-0.39, 0.29) is 5.91 Å². The minimum atomic E-state index is 0.121. The number of aromatic nitrogens is 4. The van der Waals surface area contributed by atoms with Crippen molar-refractivity contribution in [3.05, 3.63) is 35.6 Å². The lowest BCUT2D eigenvalue weighted by Crippen LogP contribution is -2.37. The van der Waals surface area contributed by atoms with Crippen LogP contribution in [0.2, 0.25) is 5.15 Å². The monoisotopic (exact) mass is 336 g/mol. The summed E-state index contributed by atoms with van der Waals surface area (Å²) in [5.74, 6) is 1.07. The van der Waals surface area contributed by atoms with Gasteiger partial charge in [0.25, 0.3) is 0 Å². The molecule has 1 amide bonds. The molecule has 7 nitrogen and oxygen atoms in total. The van der Waals surface area contributed by atoms with E-state index in [1.807, 2.05) is 28.8 Å². The largest absolute Gasteiger partial charge is 0.340 e. The summed E-state index contributed by atoms with van der Waals surface area (Å²) < 4.78 is 3.56. The molecule has 0 N–H and O–H groups in total. The van der Waals surface area contributed by atoms with Crippen LogP contribution in [0.4, 0.5) is 0 Å². The van der Waals surface area contributed by atoms with Gasteiger partial charge in [-0.25, -0.2) is 4.98 Å². The van der Waals surface area contributed by atoms with Gasteiger partial charge in [-0.2, -0.15) is 5.10 Å². The quantitative estimate of drug-likeness (QED) is 0.836. The number of amides is 1. The normalized spacial score (nSPS) is 16.5. The molecule has 23 heavy (non-hydrogen) atoms. The fourth-order valence-corrected chi connectivity index (χ4v) is 2.93. The first-order valence-corrected chi connectivity index (χ1v) is 8.15. The van der Waals surface area contributed by atoms with E-state index in [0.29, 0.717) is 11.7 Å². The standard InChI is InChI=1S/C15H21ClN6O/c1-19-13(16)10-17-14(19)11-20-5-3-6-21(9-8-20)15(23)12-22-7-2-4-18-22/h2,4,7,10H,3,5-6,8-9,11-12H2,1H3. The molecule has 1 aliphatic heterocycles. The highest BCUT2D eigenvalue weighted by Gasteiger charge is 2.20. The summed E-state index contributed by atoms with van der Waals surface area (Å²) in [5.41, 5.74) is 0. The van der Waals surface area contributed by atoms with Gasteiger partial charge in [0.15, 0.2) is 0 Å². The second-order valence-electron chi connectivity index (χ2n) is 5.77. The molecule has 1 saturated heterocycles. The highest BCUT2D eigenvalue weighted by molar-refractivity contribution is 6.29. The molecular formula is C15H21ClN6O. The van der Waals surface area contributed by atoms with Gasteiger partial charge in [-0.1, -0.05) is 11.6 Å². The SMILES string of the molecule is Cn1c(Cl)cnc1CN1CCCN(C(=O)Cn2cccn2)CC1. The van der Waals surface area contributed by atoms with E-state index >= 15 is 0 Å². The van der Waals surface area contributed by atoms with Crippen LogP contribution in [0, 0.1) is 0 Å². The minimum absolute atomic E-state index is 0.121. The minimum Gasteiger partial charge on any atom is -0.340 e. The second-order valence-corrected chi connectivity index (χ2v) is 6.16. The van der Waals surface area contributed by atoms with Crippen LogP contribution < -0.4 is 0 Å². The molecule has 0 saturated carbocycles. The van der Waals surface area contributed by atoms with Crippen molar-refractivity contribution >= 4 is 17.5 Å². The van der Waals surface area contributed by atoms with E-state index in [0.717, 1.165) is 45.0 Å². The van der Waals surface area contributed by atoms with Crippen molar-refractivity contribution in [3.8, 4) is 0 Å². The number of carbonyl (C=O) groups excluding carboxylic acids is 1. The molecule has 0 unspecified atom stereocenters. The molecule has 0 spiro atoms. The Morgan fingerprint density at radius 1 is 1.30 bits per heavy atom. The number of halogens is 1. The molecule has 0 aromatic carbocycles. The van der Waals surface area contributed by atoms with Gasteiger partial charge in [-0.15, -0.1) is 0 Å². The lowest BCUT2D eigenvalue weighted by atomic mass is 10.3. The summed E-state index contributed by atoms with van der Waals surface area (Å²) >= 11 is 6.03. The van der Waals surface area contributed by atoms with Crippen LogP contribution in [-0.2, 0) is 24.9 Å². The van der Waals surface area contributed by atoms with Crippen LogP contribution in [0.25, 0.3) is 0 Å². The molecule has 0 radical (unpaired) electrons. The second kappa shape index (κ2) is 7.14. The van der Waals surface area contributed by atoms with Gasteiger partial charge in [0.05, 0.1) is 12.7 Å². The number of imidazole rings is 1. The Morgan fingerprint density at radius 2 is 2.17 bits per heavy atom. The van der Waals surface area contributed by atoms with E-state index in [1.165, 1.54) is 0 Å². The average molecular weight is 337 g/mol. The van der Waals surface area contributed by atoms with Crippen LogP contribution in [0.5, 0.6) is 0 Å². The zero-order valence-electron chi connectivity index (χ0n) is 13.2. The summed E-state index contributed by atoms with van der Waals surface area (Å²) in [5, 5.41) is 4.74. The molecule has 0 aliphatic carbocycles. The zero-order valence-corrected chi connectivity index (χ0v) is 14.0. The molecule has 1 fully saturated rings. The Kier molecular flexibility index (Phi) is 4.97. The lowest BCUT2D eigenvalue weighted by molar-refractivity contribution is -0.131. The number of hydrogen-bond acceptors (Lipinski definition) is 4. The molecule has 1 aliphatic rings. The van der Waals surface area contributed by atoms with Gasteiger partial charge < -0.3 is 9.47 Å². The van der Waals surface area contributed by atoms with E-state index in [1.54, 1.807) is 17.1 Å². The molecule has 2 aromatic heterocycles. The van der Waals surface area contributed by atoms with Crippen LogP contribution >= 0.6 is 11.6 Å². The van der Waals surface area contributed by atoms with Crippen LogP contribution in [-0.4, -0.2) is 61.2 Å². The van der Waals surface area contributed by atoms with Crippen LogP contribution in [0.15, 0.2) is 24.7 Å².